The summed E-state index contributed by atoms with van der Waals surface area (Å²) in [5.74, 6) is -0.677. The molecule has 0 bridgehead atoms. The Bertz CT molecular complexity index is 1030. The summed E-state index contributed by atoms with van der Waals surface area (Å²) < 4.78 is 6.76. The first-order valence-electron chi connectivity index (χ1n) is 9.00. The van der Waals surface area contributed by atoms with Crippen LogP contribution in [0.3, 0.4) is 0 Å². The fourth-order valence-corrected chi connectivity index (χ4v) is 3.18. The number of carbonyl (C=O) groups excluding carboxylic acids is 2. The Hall–Kier alpha value is -3.19. The maximum atomic E-state index is 12.2. The van der Waals surface area contributed by atoms with E-state index < -0.39 is 11.6 Å². The molecule has 0 radical (unpaired) electrons. The zero-order chi connectivity index (χ0) is 20.3. The summed E-state index contributed by atoms with van der Waals surface area (Å²) in [6.07, 6.45) is 3.00. The van der Waals surface area contributed by atoms with E-state index in [1.165, 1.54) is 0 Å². The van der Waals surface area contributed by atoms with E-state index in [1.54, 1.807) is 62.4 Å². The standard InChI is InChI=1S/C21H23N3O4/c1-4-28-19(25)11-21(27,18-12-24(3)13-23-18)17-8-7-14-9-16(20(26)22-2)6-5-15(14)10-17/h5-10,12-13,27H,4,11H2,1-3H3,(H,22,26)/t21-/m0/s1. The Morgan fingerprint density at radius 2 is 1.93 bits per heavy atom. The number of aliphatic hydroxyl groups is 1. The zero-order valence-electron chi connectivity index (χ0n) is 16.1. The number of aromatic nitrogens is 2. The molecule has 0 aliphatic carbocycles. The van der Waals surface area contributed by atoms with Crippen molar-refractivity contribution in [2.24, 2.45) is 7.05 Å². The third kappa shape index (κ3) is 3.75. The highest BCUT2D eigenvalue weighted by Gasteiger charge is 2.37. The fraction of sp³-hybridized carbons (Fsp3) is 0.286. The van der Waals surface area contributed by atoms with Gasteiger partial charge >= 0.3 is 5.97 Å². The molecule has 7 heteroatoms. The van der Waals surface area contributed by atoms with Gasteiger partial charge in [-0.25, -0.2) is 4.98 Å². The molecule has 0 saturated carbocycles. The SMILES string of the molecule is CCOC(=O)C[C@](O)(c1ccc2cc(C(=O)NC)ccc2c1)c1cn(C)cn1. The van der Waals surface area contributed by atoms with E-state index >= 15 is 0 Å². The van der Waals surface area contributed by atoms with Gasteiger partial charge in [-0.05, 0) is 41.5 Å². The summed E-state index contributed by atoms with van der Waals surface area (Å²) in [5, 5.41) is 15.7. The minimum atomic E-state index is -1.62. The largest absolute Gasteiger partial charge is 0.466 e. The number of hydrogen-bond donors (Lipinski definition) is 2. The number of carbonyl (C=O) groups is 2. The van der Waals surface area contributed by atoms with Crippen molar-refractivity contribution in [3.63, 3.8) is 0 Å². The second kappa shape index (κ2) is 7.82. The van der Waals surface area contributed by atoms with Gasteiger partial charge < -0.3 is 19.7 Å². The number of aryl methyl sites for hydroxylation is 1. The second-order valence-electron chi connectivity index (χ2n) is 6.62. The van der Waals surface area contributed by atoms with Crippen LogP contribution in [0.2, 0.25) is 0 Å². The maximum absolute atomic E-state index is 12.2. The number of nitrogens with one attached hydrogen (secondary N) is 1. The van der Waals surface area contributed by atoms with Crippen molar-refractivity contribution >= 4 is 22.6 Å². The van der Waals surface area contributed by atoms with Crippen LogP contribution in [0.15, 0.2) is 48.9 Å². The second-order valence-corrected chi connectivity index (χ2v) is 6.62. The molecule has 2 aromatic carbocycles. The molecule has 3 rings (SSSR count). The topological polar surface area (TPSA) is 93.5 Å². The zero-order valence-corrected chi connectivity index (χ0v) is 16.1. The predicted molar refractivity (Wildman–Crippen MR) is 105 cm³/mol. The molecular formula is C21H23N3O4. The molecule has 2 N–H and O–H groups in total. The van der Waals surface area contributed by atoms with E-state index in [9.17, 15) is 14.7 Å². The van der Waals surface area contributed by atoms with Gasteiger partial charge in [0.15, 0.2) is 0 Å². The molecule has 0 aliphatic heterocycles. The number of esters is 1. The summed E-state index contributed by atoms with van der Waals surface area (Å²) in [4.78, 5) is 28.3. The van der Waals surface area contributed by atoms with Gasteiger partial charge in [0.1, 0.15) is 5.60 Å². The van der Waals surface area contributed by atoms with Crippen LogP contribution in [-0.4, -0.2) is 40.2 Å². The van der Waals surface area contributed by atoms with Gasteiger partial charge in [0.25, 0.3) is 5.91 Å². The number of fused-ring (bicyclic) bond motifs is 1. The number of ether oxygens (including phenoxy) is 1. The molecule has 28 heavy (non-hydrogen) atoms. The van der Waals surface area contributed by atoms with Crippen LogP contribution in [0.5, 0.6) is 0 Å². The molecule has 0 aliphatic rings. The number of amides is 1. The molecule has 1 aromatic heterocycles. The Labute approximate surface area is 163 Å². The van der Waals surface area contributed by atoms with E-state index in [1.807, 2.05) is 12.1 Å². The average molecular weight is 381 g/mol. The fourth-order valence-electron chi connectivity index (χ4n) is 3.18. The molecule has 1 atom stereocenters. The highest BCUT2D eigenvalue weighted by Crippen LogP contribution is 2.34. The molecule has 0 spiro atoms. The van der Waals surface area contributed by atoms with Gasteiger partial charge in [-0.15, -0.1) is 0 Å². The molecule has 0 fully saturated rings. The van der Waals surface area contributed by atoms with E-state index in [0.29, 0.717) is 16.8 Å². The monoisotopic (exact) mass is 381 g/mol. The first-order valence-corrected chi connectivity index (χ1v) is 9.00. The summed E-state index contributed by atoms with van der Waals surface area (Å²) in [6.45, 7) is 1.95. The van der Waals surface area contributed by atoms with Crippen LogP contribution < -0.4 is 5.32 Å². The summed E-state index contributed by atoms with van der Waals surface area (Å²) >= 11 is 0. The van der Waals surface area contributed by atoms with Crippen LogP contribution in [0, 0.1) is 0 Å². The Balaban J connectivity index is 2.07. The van der Waals surface area contributed by atoms with Crippen molar-refractivity contribution in [3.05, 3.63) is 65.7 Å². The number of rotatable bonds is 6. The van der Waals surface area contributed by atoms with E-state index in [4.69, 9.17) is 4.74 Å². The molecule has 1 heterocycles. The third-order valence-electron chi connectivity index (χ3n) is 4.64. The van der Waals surface area contributed by atoms with Crippen LogP contribution in [0.25, 0.3) is 10.8 Å². The lowest BCUT2D eigenvalue weighted by Gasteiger charge is -2.26. The van der Waals surface area contributed by atoms with Crippen LogP contribution in [0.4, 0.5) is 0 Å². The number of hydrogen-bond acceptors (Lipinski definition) is 5. The maximum Gasteiger partial charge on any atom is 0.309 e. The van der Waals surface area contributed by atoms with Gasteiger partial charge in [-0.2, -0.15) is 0 Å². The van der Waals surface area contributed by atoms with Crippen molar-refractivity contribution in [2.75, 3.05) is 13.7 Å². The van der Waals surface area contributed by atoms with Crippen molar-refractivity contribution in [3.8, 4) is 0 Å². The summed E-state index contributed by atoms with van der Waals surface area (Å²) in [6, 6.07) is 10.7. The Morgan fingerprint density at radius 1 is 1.21 bits per heavy atom. The average Bonchev–Trinajstić information content (AvgIpc) is 3.13. The van der Waals surface area contributed by atoms with Crippen LogP contribution >= 0.6 is 0 Å². The van der Waals surface area contributed by atoms with Gasteiger partial charge in [-0.1, -0.05) is 18.2 Å². The Kier molecular flexibility index (Phi) is 5.46. The van der Waals surface area contributed by atoms with Crippen LogP contribution in [-0.2, 0) is 22.2 Å². The minimum Gasteiger partial charge on any atom is -0.466 e. The first-order chi connectivity index (χ1) is 13.4. The molecule has 3 aromatic rings. The highest BCUT2D eigenvalue weighted by molar-refractivity contribution is 5.98. The van der Waals surface area contributed by atoms with E-state index in [-0.39, 0.29) is 18.9 Å². The lowest BCUT2D eigenvalue weighted by molar-refractivity contribution is -0.147. The predicted octanol–water partition coefficient (Wildman–Crippen LogP) is 2.12. The van der Waals surface area contributed by atoms with Crippen molar-refractivity contribution in [2.45, 2.75) is 18.9 Å². The normalized spacial score (nSPS) is 13.1. The van der Waals surface area contributed by atoms with E-state index in [2.05, 4.69) is 10.3 Å². The lowest BCUT2D eigenvalue weighted by atomic mass is 9.86. The molecule has 0 saturated heterocycles. The quantitative estimate of drug-likeness (QED) is 0.638. The Morgan fingerprint density at radius 3 is 2.57 bits per heavy atom. The lowest BCUT2D eigenvalue weighted by Crippen LogP contribution is -2.32. The number of imidazole rings is 1. The van der Waals surface area contributed by atoms with Gasteiger partial charge in [0, 0.05) is 25.9 Å². The molecular weight excluding hydrogens is 358 g/mol. The van der Waals surface area contributed by atoms with Gasteiger partial charge in [0.05, 0.1) is 25.0 Å². The van der Waals surface area contributed by atoms with E-state index in [0.717, 1.165) is 10.8 Å². The van der Waals surface area contributed by atoms with Crippen molar-refractivity contribution in [1.29, 1.82) is 0 Å². The summed E-state index contributed by atoms with van der Waals surface area (Å²) in [7, 11) is 3.37. The van der Waals surface area contributed by atoms with Crippen molar-refractivity contribution < 1.29 is 19.4 Å². The smallest absolute Gasteiger partial charge is 0.309 e. The van der Waals surface area contributed by atoms with Gasteiger partial charge in [0.2, 0.25) is 0 Å². The number of benzene rings is 2. The molecule has 7 nitrogen and oxygen atoms in total. The van der Waals surface area contributed by atoms with Crippen LogP contribution in [0.1, 0.15) is 35.0 Å². The molecule has 1 amide bonds. The summed E-state index contributed by atoms with van der Waals surface area (Å²) in [5.41, 5.74) is -0.181. The van der Waals surface area contributed by atoms with Gasteiger partial charge in [-0.3, -0.25) is 9.59 Å². The number of nitrogens with zero attached hydrogens (tertiary/aromatic N) is 2. The third-order valence-corrected chi connectivity index (χ3v) is 4.64. The molecule has 146 valence electrons. The first kappa shape index (κ1) is 19.6. The van der Waals surface area contributed by atoms with Crippen molar-refractivity contribution in [1.82, 2.24) is 14.9 Å². The highest BCUT2D eigenvalue weighted by atomic mass is 16.5. The minimum absolute atomic E-state index is 0.168. The molecule has 0 unspecified atom stereocenters.